The maximum Gasteiger partial charge on any atom is 0.240 e. The Bertz CT molecular complexity index is 1120. The average molecular weight is 411 g/mol. The van der Waals surface area contributed by atoms with E-state index in [-0.39, 0.29) is 11.5 Å². The number of benzene rings is 2. The molecule has 0 aliphatic carbocycles. The van der Waals surface area contributed by atoms with E-state index in [1.54, 1.807) is 30.5 Å². The molecule has 1 aromatic heterocycles. The zero-order valence-corrected chi connectivity index (χ0v) is 16.4. The van der Waals surface area contributed by atoms with Crippen molar-refractivity contribution in [2.45, 2.75) is 17.9 Å². The summed E-state index contributed by atoms with van der Waals surface area (Å²) < 4.78 is 27.5. The Morgan fingerprint density at radius 2 is 1.90 bits per heavy atom. The van der Waals surface area contributed by atoms with E-state index in [0.29, 0.717) is 37.0 Å². The summed E-state index contributed by atoms with van der Waals surface area (Å²) in [6.45, 7) is 0.837. The van der Waals surface area contributed by atoms with Gasteiger partial charge in [-0.3, -0.25) is 0 Å². The van der Waals surface area contributed by atoms with Gasteiger partial charge in [-0.15, -0.1) is 0 Å². The Balaban J connectivity index is 1.72. The highest BCUT2D eigenvalue weighted by Gasteiger charge is 2.16. The summed E-state index contributed by atoms with van der Waals surface area (Å²) in [5.41, 5.74) is 3.15. The van der Waals surface area contributed by atoms with Crippen molar-refractivity contribution in [3.05, 3.63) is 60.3 Å². The van der Waals surface area contributed by atoms with Crippen LogP contribution in [0.2, 0.25) is 0 Å². The van der Waals surface area contributed by atoms with E-state index in [2.05, 4.69) is 25.3 Å². The van der Waals surface area contributed by atoms with Crippen molar-refractivity contribution in [1.82, 2.24) is 14.7 Å². The van der Waals surface area contributed by atoms with Gasteiger partial charge >= 0.3 is 0 Å². The van der Waals surface area contributed by atoms with Gasteiger partial charge in [0.2, 0.25) is 16.0 Å². The van der Waals surface area contributed by atoms with Crippen LogP contribution < -0.4 is 15.4 Å². The molecule has 0 atom stereocenters. The number of nitrogens with one attached hydrogen (secondary N) is 3. The highest BCUT2D eigenvalue weighted by atomic mass is 32.2. The zero-order chi connectivity index (χ0) is 20.3. The summed E-state index contributed by atoms with van der Waals surface area (Å²) >= 11 is 0. The van der Waals surface area contributed by atoms with Gasteiger partial charge in [-0.1, -0.05) is 30.3 Å². The Hall–Kier alpha value is -3.01. The molecular weight excluding hydrogens is 390 g/mol. The maximum atomic E-state index is 12.4. The maximum absolute atomic E-state index is 12.4. The van der Waals surface area contributed by atoms with Crippen molar-refractivity contribution in [2.24, 2.45) is 0 Å². The number of aliphatic hydroxyl groups excluding tert-OH is 1. The summed E-state index contributed by atoms with van der Waals surface area (Å²) in [5.74, 6) is 1.02. The van der Waals surface area contributed by atoms with E-state index >= 15 is 0 Å². The van der Waals surface area contributed by atoms with Crippen molar-refractivity contribution in [3.63, 3.8) is 0 Å². The van der Waals surface area contributed by atoms with Crippen LogP contribution in [0.4, 0.5) is 17.5 Å². The fourth-order valence-corrected chi connectivity index (χ4v) is 4.15. The molecule has 2 heterocycles. The third kappa shape index (κ3) is 4.37. The second-order valence-electron chi connectivity index (χ2n) is 6.64. The number of sulfonamides is 1. The molecule has 4 N–H and O–H groups in total. The lowest BCUT2D eigenvalue weighted by Gasteiger charge is -2.13. The smallest absolute Gasteiger partial charge is 0.240 e. The molecule has 0 saturated heterocycles. The number of anilines is 3. The molecule has 0 radical (unpaired) electrons. The molecule has 0 unspecified atom stereocenters. The van der Waals surface area contributed by atoms with Crippen LogP contribution in [0.3, 0.4) is 0 Å². The van der Waals surface area contributed by atoms with Gasteiger partial charge in [0.15, 0.2) is 0 Å². The van der Waals surface area contributed by atoms with Crippen molar-refractivity contribution in [2.75, 3.05) is 23.7 Å². The van der Waals surface area contributed by atoms with Gasteiger partial charge in [0.25, 0.3) is 0 Å². The van der Waals surface area contributed by atoms with Gasteiger partial charge in [-0.05, 0) is 35.7 Å². The third-order valence-electron chi connectivity index (χ3n) is 4.57. The summed E-state index contributed by atoms with van der Waals surface area (Å²) in [6.07, 6.45) is 2.32. The lowest BCUT2D eigenvalue weighted by molar-refractivity contribution is 0.282. The van der Waals surface area contributed by atoms with E-state index < -0.39 is 10.0 Å². The van der Waals surface area contributed by atoms with Crippen LogP contribution in [0.15, 0.2) is 59.6 Å². The molecule has 8 nitrogen and oxygen atoms in total. The van der Waals surface area contributed by atoms with Crippen LogP contribution in [0.5, 0.6) is 0 Å². The van der Waals surface area contributed by atoms with Crippen LogP contribution in [0.1, 0.15) is 12.0 Å². The van der Waals surface area contributed by atoms with Crippen molar-refractivity contribution in [3.8, 4) is 11.1 Å². The number of nitrogens with zero attached hydrogens (tertiary/aromatic N) is 2. The minimum absolute atomic E-state index is 0.0142. The van der Waals surface area contributed by atoms with Gasteiger partial charge in [-0.25, -0.2) is 18.1 Å². The fraction of sp³-hybridized carbons (Fsp3) is 0.200. The van der Waals surface area contributed by atoms with Crippen LogP contribution in [-0.2, 0) is 16.6 Å². The number of aliphatic hydroxyl groups is 1. The molecule has 150 valence electrons. The molecule has 1 aliphatic heterocycles. The normalized spacial score (nSPS) is 15.8. The highest BCUT2D eigenvalue weighted by Crippen LogP contribution is 2.28. The van der Waals surface area contributed by atoms with Gasteiger partial charge in [-0.2, -0.15) is 4.98 Å². The van der Waals surface area contributed by atoms with E-state index in [4.69, 9.17) is 0 Å². The van der Waals surface area contributed by atoms with Gasteiger partial charge < -0.3 is 15.7 Å². The quantitative estimate of drug-likeness (QED) is 0.512. The van der Waals surface area contributed by atoms with Gasteiger partial charge in [0.1, 0.15) is 5.82 Å². The lowest BCUT2D eigenvalue weighted by atomic mass is 10.1. The summed E-state index contributed by atoms with van der Waals surface area (Å²) in [5, 5.41) is 15.6. The second kappa shape index (κ2) is 8.16. The second-order valence-corrected chi connectivity index (χ2v) is 8.41. The first-order valence-corrected chi connectivity index (χ1v) is 10.7. The molecule has 0 saturated carbocycles. The SMILES string of the molecule is O=S1(=O)NCCCNc2nc(ncc2-c2ccc(CO)cc2)Nc2cccc1c2. The van der Waals surface area contributed by atoms with Crippen molar-refractivity contribution < 1.29 is 13.5 Å². The molecule has 4 rings (SSSR count). The molecule has 9 heteroatoms. The summed E-state index contributed by atoms with van der Waals surface area (Å²) in [6, 6.07) is 14.1. The average Bonchev–Trinajstić information content (AvgIpc) is 2.74. The minimum Gasteiger partial charge on any atom is -0.392 e. The van der Waals surface area contributed by atoms with Crippen molar-refractivity contribution >= 4 is 27.5 Å². The number of aromatic nitrogens is 2. The minimum atomic E-state index is -3.57. The van der Waals surface area contributed by atoms with Crippen LogP contribution in [-0.4, -0.2) is 36.6 Å². The van der Waals surface area contributed by atoms with Gasteiger partial charge in [0, 0.05) is 30.5 Å². The number of hydrogen-bond donors (Lipinski definition) is 4. The molecule has 3 aromatic rings. The standard InChI is InChI=1S/C20H21N5O3S/c26-13-14-5-7-15(8-6-14)18-12-22-20-24-16-3-1-4-17(11-16)29(27,28)23-10-2-9-21-19(18)25-20/h1,3-8,11-12,23,26H,2,9-10,13H2,(H2,21,22,24,25). The largest absolute Gasteiger partial charge is 0.392 e. The van der Waals surface area contributed by atoms with E-state index in [1.165, 1.54) is 0 Å². The molecule has 4 bridgehead atoms. The van der Waals surface area contributed by atoms with E-state index in [0.717, 1.165) is 16.7 Å². The lowest BCUT2D eigenvalue weighted by Crippen LogP contribution is -2.26. The molecule has 0 fully saturated rings. The number of hydrogen-bond acceptors (Lipinski definition) is 7. The molecule has 2 aromatic carbocycles. The van der Waals surface area contributed by atoms with E-state index in [9.17, 15) is 13.5 Å². The molecular formula is C20H21N5O3S. The Morgan fingerprint density at radius 1 is 1.07 bits per heavy atom. The molecule has 0 amide bonds. The monoisotopic (exact) mass is 411 g/mol. The van der Waals surface area contributed by atoms with Crippen molar-refractivity contribution in [1.29, 1.82) is 0 Å². The highest BCUT2D eigenvalue weighted by molar-refractivity contribution is 7.89. The van der Waals surface area contributed by atoms with E-state index in [1.807, 2.05) is 24.3 Å². The first-order chi connectivity index (χ1) is 14.0. The summed E-state index contributed by atoms with van der Waals surface area (Å²) in [7, 11) is -3.57. The fourth-order valence-electron chi connectivity index (χ4n) is 3.03. The summed E-state index contributed by atoms with van der Waals surface area (Å²) in [4.78, 5) is 9.18. The number of rotatable bonds is 2. The number of fused-ring (bicyclic) bond motifs is 4. The van der Waals surface area contributed by atoms with Crippen LogP contribution in [0.25, 0.3) is 11.1 Å². The predicted octanol–water partition coefficient (Wildman–Crippen LogP) is 2.47. The molecule has 0 spiro atoms. The van der Waals surface area contributed by atoms with Gasteiger partial charge in [0.05, 0.1) is 11.5 Å². The van der Waals surface area contributed by atoms with Crippen LogP contribution >= 0.6 is 0 Å². The zero-order valence-electron chi connectivity index (χ0n) is 15.6. The third-order valence-corrected chi connectivity index (χ3v) is 6.03. The topological polar surface area (TPSA) is 116 Å². The molecule has 1 aliphatic rings. The Morgan fingerprint density at radius 3 is 2.69 bits per heavy atom. The first kappa shape index (κ1) is 19.3. The Kier molecular flexibility index (Phi) is 5.43. The Labute approximate surface area is 169 Å². The molecule has 29 heavy (non-hydrogen) atoms. The first-order valence-electron chi connectivity index (χ1n) is 9.23. The van der Waals surface area contributed by atoms with Crippen LogP contribution in [0, 0.1) is 0 Å². The predicted molar refractivity (Wildman–Crippen MR) is 111 cm³/mol.